The van der Waals surface area contributed by atoms with Gasteiger partial charge in [-0.2, -0.15) is 0 Å². The predicted molar refractivity (Wildman–Crippen MR) is 85.1 cm³/mol. The van der Waals surface area contributed by atoms with Gasteiger partial charge in [-0.15, -0.1) is 0 Å². The van der Waals surface area contributed by atoms with Crippen molar-refractivity contribution in [2.75, 3.05) is 14.2 Å². The normalized spacial score (nSPS) is 10.2. The van der Waals surface area contributed by atoms with Crippen LogP contribution in [0.1, 0.15) is 15.9 Å². The third-order valence-corrected chi connectivity index (χ3v) is 3.59. The van der Waals surface area contributed by atoms with Crippen molar-refractivity contribution in [3.05, 3.63) is 57.6 Å². The third kappa shape index (κ3) is 3.84. The summed E-state index contributed by atoms with van der Waals surface area (Å²) in [5, 5.41) is 0.971. The molecule has 0 bridgehead atoms. The van der Waals surface area contributed by atoms with Gasteiger partial charge < -0.3 is 14.2 Å². The Kier molecular flexibility index (Phi) is 5.52. The summed E-state index contributed by atoms with van der Waals surface area (Å²) in [6.45, 7) is 0.0457. The Labute approximate surface area is 138 Å². The van der Waals surface area contributed by atoms with Crippen LogP contribution in [0.3, 0.4) is 0 Å². The number of hydrogen-bond donors (Lipinski definition) is 0. The molecule has 0 heterocycles. The third-order valence-electron chi connectivity index (χ3n) is 3.00. The second-order valence-corrected chi connectivity index (χ2v) is 5.22. The van der Waals surface area contributed by atoms with Gasteiger partial charge in [-0.1, -0.05) is 29.3 Å². The number of esters is 1. The molecule has 0 atom stereocenters. The van der Waals surface area contributed by atoms with Crippen molar-refractivity contribution >= 4 is 29.2 Å². The molecule has 4 nitrogen and oxygen atoms in total. The molecule has 0 saturated heterocycles. The van der Waals surface area contributed by atoms with Gasteiger partial charge in [-0.3, -0.25) is 0 Å². The maximum Gasteiger partial charge on any atom is 0.342 e. The van der Waals surface area contributed by atoms with E-state index in [9.17, 15) is 4.79 Å². The minimum absolute atomic E-state index is 0.0457. The zero-order chi connectivity index (χ0) is 16.1. The lowest BCUT2D eigenvalue weighted by Gasteiger charge is -2.11. The number of halogens is 2. The fourth-order valence-corrected chi connectivity index (χ4v) is 2.29. The van der Waals surface area contributed by atoms with Gasteiger partial charge >= 0.3 is 5.97 Å². The minimum Gasteiger partial charge on any atom is -0.497 e. The highest BCUT2D eigenvalue weighted by atomic mass is 35.5. The summed E-state index contributed by atoms with van der Waals surface area (Å²) in [6, 6.07) is 9.86. The Hall–Kier alpha value is -1.91. The molecule has 22 heavy (non-hydrogen) atoms. The minimum atomic E-state index is -0.509. The van der Waals surface area contributed by atoms with Crippen molar-refractivity contribution in [3.63, 3.8) is 0 Å². The fraction of sp³-hybridized carbons (Fsp3) is 0.188. The number of carbonyl (C=O) groups is 1. The first-order valence-electron chi connectivity index (χ1n) is 6.38. The van der Waals surface area contributed by atoms with Crippen LogP contribution in [0.15, 0.2) is 36.4 Å². The van der Waals surface area contributed by atoms with Crippen LogP contribution >= 0.6 is 23.2 Å². The van der Waals surface area contributed by atoms with E-state index in [0.717, 1.165) is 0 Å². The fourth-order valence-electron chi connectivity index (χ4n) is 1.83. The first-order chi connectivity index (χ1) is 10.5. The summed E-state index contributed by atoms with van der Waals surface area (Å²) in [5.41, 5.74) is 0.986. The van der Waals surface area contributed by atoms with Gasteiger partial charge in [0.1, 0.15) is 23.7 Å². The maximum atomic E-state index is 12.2. The highest BCUT2D eigenvalue weighted by molar-refractivity contribution is 6.35. The summed E-state index contributed by atoms with van der Waals surface area (Å²) in [5.74, 6) is 0.464. The lowest BCUT2D eigenvalue weighted by Crippen LogP contribution is -2.07. The Balaban J connectivity index is 2.12. The molecular formula is C16H14Cl2O4. The molecule has 6 heteroatoms. The molecule has 2 aromatic rings. The molecule has 0 unspecified atom stereocenters. The molecular weight excluding hydrogens is 327 g/mol. The zero-order valence-corrected chi connectivity index (χ0v) is 13.6. The molecule has 0 aliphatic carbocycles. The second-order valence-electron chi connectivity index (χ2n) is 4.38. The van der Waals surface area contributed by atoms with Crippen LogP contribution in [0.5, 0.6) is 11.5 Å². The van der Waals surface area contributed by atoms with Crippen LogP contribution in [0, 0.1) is 0 Å². The molecule has 2 aromatic carbocycles. The quantitative estimate of drug-likeness (QED) is 0.758. The Morgan fingerprint density at radius 2 is 1.82 bits per heavy atom. The van der Waals surface area contributed by atoms with Crippen molar-refractivity contribution < 1.29 is 19.0 Å². The van der Waals surface area contributed by atoms with E-state index in [-0.39, 0.29) is 6.61 Å². The van der Waals surface area contributed by atoms with Gasteiger partial charge in [-0.05, 0) is 24.3 Å². The number of carbonyl (C=O) groups excluding carboxylic acids is 1. The predicted octanol–water partition coefficient (Wildman–Crippen LogP) is 4.37. The molecule has 0 aliphatic heterocycles. The van der Waals surface area contributed by atoms with Crippen molar-refractivity contribution in [1.82, 2.24) is 0 Å². The van der Waals surface area contributed by atoms with E-state index in [1.807, 2.05) is 0 Å². The van der Waals surface area contributed by atoms with Gasteiger partial charge in [0.15, 0.2) is 0 Å². The van der Waals surface area contributed by atoms with E-state index < -0.39 is 5.97 Å². The van der Waals surface area contributed by atoms with Crippen LogP contribution < -0.4 is 9.47 Å². The maximum absolute atomic E-state index is 12.2. The summed E-state index contributed by atoms with van der Waals surface area (Å²) in [4.78, 5) is 12.2. The molecule has 0 aromatic heterocycles. The summed E-state index contributed by atoms with van der Waals surface area (Å²) in [6.07, 6.45) is 0. The van der Waals surface area contributed by atoms with E-state index >= 15 is 0 Å². The van der Waals surface area contributed by atoms with Gasteiger partial charge in [0, 0.05) is 21.7 Å². The Bertz CT molecular complexity index is 686. The summed E-state index contributed by atoms with van der Waals surface area (Å²) >= 11 is 11.9. The molecule has 0 N–H and O–H groups in total. The van der Waals surface area contributed by atoms with Crippen LogP contribution in [0.25, 0.3) is 0 Å². The van der Waals surface area contributed by atoms with Crippen molar-refractivity contribution in [3.8, 4) is 11.5 Å². The van der Waals surface area contributed by atoms with Gasteiger partial charge in [0.05, 0.1) is 14.2 Å². The van der Waals surface area contributed by atoms with E-state index in [1.54, 1.807) is 36.4 Å². The van der Waals surface area contributed by atoms with Crippen molar-refractivity contribution in [1.29, 1.82) is 0 Å². The monoisotopic (exact) mass is 340 g/mol. The smallest absolute Gasteiger partial charge is 0.342 e. The highest BCUT2D eigenvalue weighted by Gasteiger charge is 2.15. The van der Waals surface area contributed by atoms with Gasteiger partial charge in [-0.25, -0.2) is 4.79 Å². The van der Waals surface area contributed by atoms with Gasteiger partial charge in [0.2, 0.25) is 0 Å². The SMILES string of the molecule is COc1ccc(C(=O)OCc2ccc(Cl)cc2Cl)c(OC)c1. The molecule has 0 saturated carbocycles. The number of rotatable bonds is 5. The molecule has 116 valence electrons. The van der Waals surface area contributed by atoms with E-state index in [1.165, 1.54) is 14.2 Å². The number of ether oxygens (including phenoxy) is 3. The van der Waals surface area contributed by atoms with Crippen LogP contribution in [0.2, 0.25) is 10.0 Å². The topological polar surface area (TPSA) is 44.8 Å². The first-order valence-corrected chi connectivity index (χ1v) is 7.14. The van der Waals surface area contributed by atoms with Crippen molar-refractivity contribution in [2.45, 2.75) is 6.61 Å². The summed E-state index contributed by atoms with van der Waals surface area (Å²) in [7, 11) is 3.01. The van der Waals surface area contributed by atoms with Crippen molar-refractivity contribution in [2.24, 2.45) is 0 Å². The van der Waals surface area contributed by atoms with E-state index in [0.29, 0.717) is 32.7 Å². The van der Waals surface area contributed by atoms with Crippen LogP contribution in [-0.2, 0) is 11.3 Å². The van der Waals surface area contributed by atoms with E-state index in [2.05, 4.69) is 0 Å². The average Bonchev–Trinajstić information content (AvgIpc) is 2.53. The van der Waals surface area contributed by atoms with Crippen LogP contribution in [0.4, 0.5) is 0 Å². The van der Waals surface area contributed by atoms with Crippen LogP contribution in [-0.4, -0.2) is 20.2 Å². The average molecular weight is 341 g/mol. The zero-order valence-electron chi connectivity index (χ0n) is 12.1. The highest BCUT2D eigenvalue weighted by Crippen LogP contribution is 2.26. The molecule has 0 aliphatic rings. The lowest BCUT2D eigenvalue weighted by molar-refractivity contribution is 0.0469. The number of hydrogen-bond acceptors (Lipinski definition) is 4. The lowest BCUT2D eigenvalue weighted by atomic mass is 10.2. The Morgan fingerprint density at radius 3 is 2.45 bits per heavy atom. The first kappa shape index (κ1) is 16.5. The molecule has 0 spiro atoms. The standard InChI is InChI=1S/C16H14Cl2O4/c1-20-12-5-6-13(15(8-12)21-2)16(19)22-9-10-3-4-11(17)7-14(10)18/h3-8H,9H2,1-2H3. The Morgan fingerprint density at radius 1 is 1.05 bits per heavy atom. The summed E-state index contributed by atoms with van der Waals surface area (Å²) < 4.78 is 15.5. The largest absolute Gasteiger partial charge is 0.497 e. The number of methoxy groups -OCH3 is 2. The second kappa shape index (κ2) is 7.38. The molecule has 0 fully saturated rings. The molecule has 0 radical (unpaired) electrons. The number of benzene rings is 2. The molecule has 0 amide bonds. The molecule has 2 rings (SSSR count). The van der Waals surface area contributed by atoms with Gasteiger partial charge in [0.25, 0.3) is 0 Å². The van der Waals surface area contributed by atoms with E-state index in [4.69, 9.17) is 37.4 Å².